The summed E-state index contributed by atoms with van der Waals surface area (Å²) in [5.74, 6) is -0.176. The van der Waals surface area contributed by atoms with E-state index in [1.165, 1.54) is 8.69 Å². The minimum atomic E-state index is -0.0758. The third-order valence-corrected chi connectivity index (χ3v) is 3.72. The second-order valence-corrected chi connectivity index (χ2v) is 4.63. The van der Waals surface area contributed by atoms with E-state index in [1.54, 1.807) is 0 Å². The molecule has 2 amide bonds. The van der Waals surface area contributed by atoms with Crippen molar-refractivity contribution in [2.24, 2.45) is 11.8 Å². The van der Waals surface area contributed by atoms with Crippen LogP contribution in [-0.2, 0) is 9.59 Å². The van der Waals surface area contributed by atoms with Crippen molar-refractivity contribution >= 4 is 34.7 Å². The molecule has 1 heterocycles. The van der Waals surface area contributed by atoms with Gasteiger partial charge in [0.1, 0.15) is 0 Å². The molecule has 2 atom stereocenters. The average Bonchev–Trinajstić information content (AvgIpc) is 2.32. The Kier molecular flexibility index (Phi) is 2.17. The number of hydrogen-bond donors (Lipinski definition) is 0. The molecule has 0 radical (unpaired) electrons. The van der Waals surface area contributed by atoms with Gasteiger partial charge in [-0.05, 0) is 19.8 Å². The minimum absolute atomic E-state index is 0.0111. The number of nitrogens with zero attached hydrogens (tertiary/aromatic N) is 1. The molecular weight excluding hydrogens is 281 g/mol. The zero-order valence-electron chi connectivity index (χ0n) is 7.29. The van der Waals surface area contributed by atoms with Gasteiger partial charge in [-0.25, -0.2) is 3.11 Å². The first-order chi connectivity index (χ1) is 6.11. The first kappa shape index (κ1) is 9.18. The van der Waals surface area contributed by atoms with E-state index < -0.39 is 0 Å². The Hall–Kier alpha value is -0.390. The van der Waals surface area contributed by atoms with Crippen LogP contribution >= 0.6 is 22.9 Å². The Balaban J connectivity index is 2.30. The molecule has 1 aliphatic carbocycles. The van der Waals surface area contributed by atoms with E-state index in [1.807, 2.05) is 29.8 Å². The molecule has 2 aliphatic rings. The van der Waals surface area contributed by atoms with Gasteiger partial charge in [-0.15, -0.1) is 0 Å². The molecule has 1 aliphatic heterocycles. The second kappa shape index (κ2) is 3.08. The lowest BCUT2D eigenvalue weighted by atomic mass is 9.82. The van der Waals surface area contributed by atoms with Crippen LogP contribution in [0.15, 0.2) is 11.6 Å². The van der Waals surface area contributed by atoms with Crippen LogP contribution < -0.4 is 0 Å². The summed E-state index contributed by atoms with van der Waals surface area (Å²) in [5, 5.41) is 0. The van der Waals surface area contributed by atoms with Crippen LogP contribution in [0.3, 0.4) is 0 Å². The molecule has 0 aromatic rings. The predicted octanol–water partition coefficient (Wildman–Crippen LogP) is 1.68. The molecule has 0 spiro atoms. The van der Waals surface area contributed by atoms with Crippen LogP contribution in [0.5, 0.6) is 0 Å². The van der Waals surface area contributed by atoms with Gasteiger partial charge < -0.3 is 0 Å². The molecule has 13 heavy (non-hydrogen) atoms. The van der Waals surface area contributed by atoms with Crippen molar-refractivity contribution in [1.82, 2.24) is 3.11 Å². The van der Waals surface area contributed by atoms with Crippen molar-refractivity contribution in [1.29, 1.82) is 0 Å². The molecule has 0 N–H and O–H groups in total. The molecular formula is C9H10INO2. The van der Waals surface area contributed by atoms with Gasteiger partial charge in [0.25, 0.3) is 0 Å². The zero-order chi connectivity index (χ0) is 9.59. The van der Waals surface area contributed by atoms with E-state index in [-0.39, 0.29) is 23.7 Å². The maximum Gasteiger partial charge on any atom is 0.242 e. The summed E-state index contributed by atoms with van der Waals surface area (Å²) in [6.45, 7) is 2.02. The van der Waals surface area contributed by atoms with Gasteiger partial charge in [0, 0.05) is 0 Å². The summed E-state index contributed by atoms with van der Waals surface area (Å²) >= 11 is 1.81. The van der Waals surface area contributed by atoms with Crippen LogP contribution in [0.25, 0.3) is 0 Å². The number of amides is 2. The molecule has 70 valence electrons. The lowest BCUT2D eigenvalue weighted by Gasteiger charge is -2.18. The monoisotopic (exact) mass is 291 g/mol. The third kappa shape index (κ3) is 1.31. The molecule has 1 fully saturated rings. The van der Waals surface area contributed by atoms with Gasteiger partial charge in [0.15, 0.2) is 0 Å². The SMILES string of the molecule is CC1=CCC2C(=O)N(I)C(=O)C2C1. The number of hydrogen-bond acceptors (Lipinski definition) is 2. The second-order valence-electron chi connectivity index (χ2n) is 3.66. The standard InChI is InChI=1S/C9H10INO2/c1-5-2-3-6-7(4-5)9(13)11(10)8(6)12/h2,6-7H,3-4H2,1H3. The lowest BCUT2D eigenvalue weighted by molar-refractivity contribution is -0.132. The zero-order valence-corrected chi connectivity index (χ0v) is 9.45. The average molecular weight is 291 g/mol. The highest BCUT2D eigenvalue weighted by Crippen LogP contribution is 2.38. The van der Waals surface area contributed by atoms with Gasteiger partial charge in [0.05, 0.1) is 34.7 Å². The largest absolute Gasteiger partial charge is 0.273 e. The fraction of sp³-hybridized carbons (Fsp3) is 0.556. The summed E-state index contributed by atoms with van der Waals surface area (Å²) in [5.41, 5.74) is 1.23. The van der Waals surface area contributed by atoms with E-state index in [0.717, 1.165) is 12.8 Å². The molecule has 1 saturated heterocycles. The van der Waals surface area contributed by atoms with Gasteiger partial charge in [0.2, 0.25) is 11.8 Å². The molecule has 0 bridgehead atoms. The first-order valence-electron chi connectivity index (χ1n) is 4.30. The van der Waals surface area contributed by atoms with Gasteiger partial charge in [-0.2, -0.15) is 0 Å². The highest BCUT2D eigenvalue weighted by molar-refractivity contribution is 14.1. The van der Waals surface area contributed by atoms with Crippen LogP contribution in [0.2, 0.25) is 0 Å². The molecule has 3 nitrogen and oxygen atoms in total. The van der Waals surface area contributed by atoms with Crippen LogP contribution in [0, 0.1) is 11.8 Å². The normalized spacial score (nSPS) is 33.4. The molecule has 0 aromatic heterocycles. The smallest absolute Gasteiger partial charge is 0.242 e. The lowest BCUT2D eigenvalue weighted by Crippen LogP contribution is -2.20. The maximum absolute atomic E-state index is 11.6. The Morgan fingerprint density at radius 1 is 1.38 bits per heavy atom. The van der Waals surface area contributed by atoms with Crippen molar-refractivity contribution < 1.29 is 9.59 Å². The first-order valence-corrected chi connectivity index (χ1v) is 5.27. The third-order valence-electron chi connectivity index (χ3n) is 2.77. The Bertz CT molecular complexity index is 311. The van der Waals surface area contributed by atoms with E-state index in [9.17, 15) is 9.59 Å². The van der Waals surface area contributed by atoms with Crippen LogP contribution in [0.1, 0.15) is 19.8 Å². The van der Waals surface area contributed by atoms with E-state index in [0.29, 0.717) is 0 Å². The quantitative estimate of drug-likeness (QED) is 0.295. The number of carbonyl (C=O) groups is 2. The maximum atomic E-state index is 11.6. The number of allylic oxidation sites excluding steroid dienone is 2. The molecule has 0 aromatic carbocycles. The van der Waals surface area contributed by atoms with E-state index in [2.05, 4.69) is 6.08 Å². The molecule has 0 saturated carbocycles. The van der Waals surface area contributed by atoms with Gasteiger partial charge in [-0.1, -0.05) is 11.6 Å². The molecule has 4 heteroatoms. The van der Waals surface area contributed by atoms with Gasteiger partial charge >= 0.3 is 0 Å². The number of imide groups is 1. The van der Waals surface area contributed by atoms with Crippen molar-refractivity contribution in [2.75, 3.05) is 0 Å². The van der Waals surface area contributed by atoms with Crippen molar-refractivity contribution in [3.63, 3.8) is 0 Å². The summed E-state index contributed by atoms with van der Waals surface area (Å²) in [6.07, 6.45) is 3.57. The van der Waals surface area contributed by atoms with Crippen LogP contribution in [0.4, 0.5) is 0 Å². The van der Waals surface area contributed by atoms with E-state index in [4.69, 9.17) is 0 Å². The minimum Gasteiger partial charge on any atom is -0.273 e. The summed E-state index contributed by atoms with van der Waals surface area (Å²) < 4.78 is 1.25. The van der Waals surface area contributed by atoms with Crippen molar-refractivity contribution in [3.8, 4) is 0 Å². The fourth-order valence-electron chi connectivity index (χ4n) is 2.00. The topological polar surface area (TPSA) is 37.4 Å². The number of halogens is 1. The highest BCUT2D eigenvalue weighted by Gasteiger charge is 2.47. The van der Waals surface area contributed by atoms with Crippen molar-refractivity contribution in [2.45, 2.75) is 19.8 Å². The predicted molar refractivity (Wildman–Crippen MR) is 55.8 cm³/mol. The Labute approximate surface area is 90.7 Å². The number of fused-ring (bicyclic) bond motifs is 1. The van der Waals surface area contributed by atoms with E-state index >= 15 is 0 Å². The summed E-state index contributed by atoms with van der Waals surface area (Å²) in [7, 11) is 0. The van der Waals surface area contributed by atoms with Gasteiger partial charge in [-0.3, -0.25) is 9.59 Å². The van der Waals surface area contributed by atoms with Crippen LogP contribution in [-0.4, -0.2) is 14.9 Å². The Morgan fingerprint density at radius 3 is 2.69 bits per heavy atom. The Morgan fingerprint density at radius 2 is 2.00 bits per heavy atom. The summed E-state index contributed by atoms with van der Waals surface area (Å²) in [4.78, 5) is 23.1. The molecule has 2 unspecified atom stereocenters. The number of carbonyl (C=O) groups excluding carboxylic acids is 2. The highest BCUT2D eigenvalue weighted by atomic mass is 127. The summed E-state index contributed by atoms with van der Waals surface area (Å²) in [6, 6.07) is 0. The molecule has 2 rings (SSSR count). The fourth-order valence-corrected chi connectivity index (χ4v) is 2.71. The number of rotatable bonds is 0. The van der Waals surface area contributed by atoms with Crippen molar-refractivity contribution in [3.05, 3.63) is 11.6 Å².